The summed E-state index contributed by atoms with van der Waals surface area (Å²) in [5, 5.41) is 8.07. The minimum atomic E-state index is -0.570. The number of fused-ring (bicyclic) bond motifs is 3. The molecule has 1 aliphatic heterocycles. The monoisotopic (exact) mass is 587 g/mol. The number of likely N-dealkylation sites (tertiary alicyclic amines) is 1. The minimum absolute atomic E-state index is 0.0102. The molecule has 39 heavy (non-hydrogen) atoms. The molecule has 4 heterocycles. The van der Waals surface area contributed by atoms with Crippen LogP contribution in [0.4, 0.5) is 5.82 Å². The van der Waals surface area contributed by atoms with Gasteiger partial charge >= 0.3 is 0 Å². The molecule has 1 saturated carbocycles. The third-order valence-electron chi connectivity index (χ3n) is 7.59. The summed E-state index contributed by atoms with van der Waals surface area (Å²) in [6.45, 7) is 3.21. The molecular weight excluding hydrogens is 562 g/mol. The molecule has 1 N–H and O–H groups in total. The van der Waals surface area contributed by atoms with E-state index in [4.69, 9.17) is 0 Å². The van der Waals surface area contributed by atoms with Gasteiger partial charge < -0.3 is 10.2 Å². The normalized spacial score (nSPS) is 20.0. The van der Waals surface area contributed by atoms with Crippen molar-refractivity contribution in [1.82, 2.24) is 29.6 Å². The van der Waals surface area contributed by atoms with Gasteiger partial charge in [-0.1, -0.05) is 12.1 Å². The van der Waals surface area contributed by atoms with Crippen LogP contribution in [-0.4, -0.2) is 59.3 Å². The summed E-state index contributed by atoms with van der Waals surface area (Å²) in [6.07, 6.45) is 6.06. The van der Waals surface area contributed by atoms with Gasteiger partial charge in [0.25, 0.3) is 0 Å². The Kier molecular flexibility index (Phi) is 6.46. The molecule has 198 valence electrons. The predicted molar refractivity (Wildman–Crippen MR) is 148 cm³/mol. The van der Waals surface area contributed by atoms with Crippen LogP contribution in [0, 0.1) is 12.8 Å². The van der Waals surface area contributed by atoms with Crippen LogP contribution in [0.25, 0.3) is 22.0 Å². The largest absolute Gasteiger partial charge is 0.326 e. The molecule has 6 rings (SSSR count). The zero-order valence-corrected chi connectivity index (χ0v) is 23.1. The van der Waals surface area contributed by atoms with E-state index in [0.717, 1.165) is 30.4 Å². The summed E-state index contributed by atoms with van der Waals surface area (Å²) in [5.74, 6) is 0.588. The van der Waals surface area contributed by atoms with Gasteiger partial charge in [-0.15, -0.1) is 0 Å². The van der Waals surface area contributed by atoms with Crippen molar-refractivity contribution in [2.75, 3.05) is 5.32 Å². The Morgan fingerprint density at radius 2 is 1.87 bits per heavy atom. The fourth-order valence-electron chi connectivity index (χ4n) is 5.85. The summed E-state index contributed by atoms with van der Waals surface area (Å²) in [6, 6.07) is 10.4. The van der Waals surface area contributed by atoms with Crippen molar-refractivity contribution in [3.63, 3.8) is 0 Å². The highest BCUT2D eigenvalue weighted by Crippen LogP contribution is 2.43. The molecule has 1 aliphatic carbocycles. The molecule has 11 heteroatoms. The first-order valence-electron chi connectivity index (χ1n) is 12.8. The summed E-state index contributed by atoms with van der Waals surface area (Å²) >= 11 is 3.33. The second kappa shape index (κ2) is 9.96. The van der Waals surface area contributed by atoms with Crippen molar-refractivity contribution in [3.8, 4) is 11.1 Å². The number of nitrogens with zero attached hydrogens (tertiary/aromatic N) is 6. The Labute approximate surface area is 233 Å². The first-order chi connectivity index (χ1) is 18.8. The van der Waals surface area contributed by atoms with Gasteiger partial charge in [-0.05, 0) is 77.9 Å². The molecule has 2 aliphatic rings. The lowest BCUT2D eigenvalue weighted by molar-refractivity contribution is -0.141. The standard InChI is InChI=1S/C28H26BrN7O3/c1-15(37)26-21-11-17(19-12-30-16(2)31-13-19)7-9-22(21)35(34-26)14-25(38)36-20-8-6-18(10-20)27(36)28(39)33-24-5-3-4-23(29)32-24/h3-5,7,9,11-13,18,20,27H,6,8,10,14H2,1-2H3,(H,32,33,39)/t18-,20+,27-/m0/s1. The average molecular weight is 588 g/mol. The van der Waals surface area contributed by atoms with Gasteiger partial charge in [0.05, 0.1) is 5.52 Å². The molecule has 2 amide bonds. The molecule has 10 nitrogen and oxygen atoms in total. The minimum Gasteiger partial charge on any atom is -0.326 e. The molecule has 4 aromatic rings. The number of halogens is 1. The third-order valence-corrected chi connectivity index (χ3v) is 8.03. The Morgan fingerprint density at radius 3 is 2.62 bits per heavy atom. The quantitative estimate of drug-likeness (QED) is 0.265. The highest BCUT2D eigenvalue weighted by molar-refractivity contribution is 9.10. The van der Waals surface area contributed by atoms with E-state index in [1.807, 2.05) is 25.1 Å². The van der Waals surface area contributed by atoms with Gasteiger partial charge in [-0.2, -0.15) is 5.10 Å². The van der Waals surface area contributed by atoms with Crippen molar-refractivity contribution in [2.45, 2.75) is 51.7 Å². The Balaban J connectivity index is 1.29. The van der Waals surface area contributed by atoms with Crippen LogP contribution >= 0.6 is 15.9 Å². The number of aromatic nitrogens is 5. The van der Waals surface area contributed by atoms with E-state index >= 15 is 0 Å². The number of piperidine rings is 1. The number of rotatable bonds is 6. The van der Waals surface area contributed by atoms with E-state index in [9.17, 15) is 14.4 Å². The molecule has 3 aromatic heterocycles. The predicted octanol–water partition coefficient (Wildman–Crippen LogP) is 4.18. The van der Waals surface area contributed by atoms with E-state index < -0.39 is 6.04 Å². The Morgan fingerprint density at radius 1 is 1.08 bits per heavy atom. The molecule has 2 fully saturated rings. The second-order valence-electron chi connectivity index (χ2n) is 10.1. The number of carbonyl (C=O) groups is 3. The van der Waals surface area contributed by atoms with Gasteiger partial charge in [0.15, 0.2) is 5.78 Å². The number of amides is 2. The van der Waals surface area contributed by atoms with Crippen LogP contribution < -0.4 is 5.32 Å². The summed E-state index contributed by atoms with van der Waals surface area (Å²) in [4.78, 5) is 54.1. The number of hydrogen-bond donors (Lipinski definition) is 1. The van der Waals surface area contributed by atoms with Gasteiger partial charge in [0, 0.05) is 36.3 Å². The number of benzene rings is 1. The molecule has 2 bridgehead atoms. The fourth-order valence-corrected chi connectivity index (χ4v) is 6.20. The number of pyridine rings is 1. The highest BCUT2D eigenvalue weighted by atomic mass is 79.9. The molecule has 1 saturated heterocycles. The first kappa shape index (κ1) is 25.3. The number of ketones is 1. The zero-order valence-electron chi connectivity index (χ0n) is 21.5. The molecule has 3 atom stereocenters. The zero-order chi connectivity index (χ0) is 27.3. The summed E-state index contributed by atoms with van der Waals surface area (Å²) in [7, 11) is 0. The summed E-state index contributed by atoms with van der Waals surface area (Å²) in [5.41, 5.74) is 2.65. The van der Waals surface area contributed by atoms with E-state index in [-0.39, 0.29) is 36.1 Å². The van der Waals surface area contributed by atoms with E-state index in [0.29, 0.717) is 32.8 Å². The maximum atomic E-state index is 13.7. The molecular formula is C28H26BrN7O3. The number of aryl methyl sites for hydroxylation is 1. The number of nitrogens with one attached hydrogen (secondary N) is 1. The first-order valence-corrected chi connectivity index (χ1v) is 13.6. The van der Waals surface area contributed by atoms with Gasteiger partial charge in [0.1, 0.15) is 34.5 Å². The molecule has 0 radical (unpaired) electrons. The van der Waals surface area contributed by atoms with Crippen LogP contribution in [0.3, 0.4) is 0 Å². The lowest BCUT2D eigenvalue weighted by Crippen LogP contribution is -2.52. The lowest BCUT2D eigenvalue weighted by Gasteiger charge is -2.34. The van der Waals surface area contributed by atoms with Crippen molar-refractivity contribution in [2.24, 2.45) is 5.92 Å². The van der Waals surface area contributed by atoms with Gasteiger partial charge in [0.2, 0.25) is 11.8 Å². The van der Waals surface area contributed by atoms with E-state index in [2.05, 4.69) is 41.3 Å². The second-order valence-corrected chi connectivity index (χ2v) is 10.9. The van der Waals surface area contributed by atoms with E-state index in [1.54, 1.807) is 40.2 Å². The fraction of sp³-hybridized carbons (Fsp3) is 0.321. The van der Waals surface area contributed by atoms with Crippen molar-refractivity contribution in [1.29, 1.82) is 0 Å². The van der Waals surface area contributed by atoms with Gasteiger partial charge in [-0.25, -0.2) is 15.0 Å². The maximum Gasteiger partial charge on any atom is 0.248 e. The van der Waals surface area contributed by atoms with Crippen molar-refractivity contribution < 1.29 is 14.4 Å². The van der Waals surface area contributed by atoms with Crippen LogP contribution in [0.15, 0.2) is 53.4 Å². The lowest BCUT2D eigenvalue weighted by atomic mass is 9.97. The van der Waals surface area contributed by atoms with Crippen molar-refractivity contribution >= 4 is 50.2 Å². The van der Waals surface area contributed by atoms with Gasteiger partial charge in [-0.3, -0.25) is 19.1 Å². The average Bonchev–Trinajstić information content (AvgIpc) is 3.62. The topological polar surface area (TPSA) is 123 Å². The Hall–Kier alpha value is -3.99. The van der Waals surface area contributed by atoms with Crippen LogP contribution in [0.1, 0.15) is 42.5 Å². The molecule has 1 aromatic carbocycles. The smallest absolute Gasteiger partial charge is 0.248 e. The van der Waals surface area contributed by atoms with E-state index in [1.165, 1.54) is 6.92 Å². The van der Waals surface area contributed by atoms with Crippen LogP contribution in [0.5, 0.6) is 0 Å². The number of Topliss-reactive ketones (excluding diaryl/α,β-unsaturated/α-hetero) is 1. The van der Waals surface area contributed by atoms with Crippen molar-refractivity contribution in [3.05, 3.63) is 64.9 Å². The number of carbonyl (C=O) groups excluding carboxylic acids is 3. The number of anilines is 1. The molecule has 0 unspecified atom stereocenters. The highest BCUT2D eigenvalue weighted by Gasteiger charge is 2.51. The van der Waals surface area contributed by atoms with Crippen LogP contribution in [-0.2, 0) is 16.1 Å². The summed E-state index contributed by atoms with van der Waals surface area (Å²) < 4.78 is 2.19. The third kappa shape index (κ3) is 4.71. The molecule has 0 spiro atoms. The maximum absolute atomic E-state index is 13.7. The Bertz CT molecular complexity index is 1620. The SMILES string of the molecule is CC(=O)c1nn(CC(=O)N2[C@@H]3CC[C@@H](C3)[C@H]2C(=O)Nc2cccc(Br)n2)c2ccc(-c3cnc(C)nc3)cc12. The van der Waals surface area contributed by atoms with Crippen LogP contribution in [0.2, 0.25) is 0 Å². The number of hydrogen-bond acceptors (Lipinski definition) is 7.